The fourth-order valence-corrected chi connectivity index (χ4v) is 1.04. The molecule has 0 aromatic heterocycles. The average Bonchev–Trinajstić information content (AvgIpc) is 2.12. The van der Waals surface area contributed by atoms with Crippen molar-refractivity contribution in [1.29, 1.82) is 0 Å². The van der Waals surface area contributed by atoms with Crippen molar-refractivity contribution in [2.75, 3.05) is 13.8 Å². The number of hydrogen-bond acceptors (Lipinski definition) is 4. The molecule has 0 amide bonds. The van der Waals surface area contributed by atoms with E-state index in [0.717, 1.165) is 12.8 Å². The van der Waals surface area contributed by atoms with Gasteiger partial charge in [0.15, 0.2) is 0 Å². The minimum atomic E-state index is -0.193. The molecular weight excluding hydrogens is 190 g/mol. The highest BCUT2D eigenvalue weighted by atomic mass is 32.1. The Bertz CT molecular complexity index is 173. The van der Waals surface area contributed by atoms with E-state index in [0.29, 0.717) is 17.8 Å². The topological polar surface area (TPSA) is 58.6 Å². The number of carbonyl (C=O) groups excluding carboxylic acids is 1. The van der Waals surface area contributed by atoms with Gasteiger partial charge in [-0.15, -0.1) is 0 Å². The van der Waals surface area contributed by atoms with Crippen LogP contribution in [0.1, 0.15) is 25.7 Å². The zero-order valence-corrected chi connectivity index (χ0v) is 8.52. The Morgan fingerprint density at radius 1 is 1.46 bits per heavy atom. The van der Waals surface area contributed by atoms with Gasteiger partial charge in [-0.25, -0.2) is 0 Å². The highest BCUT2D eigenvalue weighted by molar-refractivity contribution is 7.80. The number of carbonyl (C=O) groups is 1. The predicted octanol–water partition coefficient (Wildman–Crippen LogP) is 0.587. The number of ether oxygens (including phenoxy) is 1. The molecule has 0 spiro atoms. The van der Waals surface area contributed by atoms with Crippen molar-refractivity contribution in [2.45, 2.75) is 25.7 Å². The Hall–Kier alpha value is -0.680. The van der Waals surface area contributed by atoms with Gasteiger partial charge < -0.3 is 15.2 Å². The van der Waals surface area contributed by atoms with Gasteiger partial charge in [0.25, 0.3) is 0 Å². The van der Waals surface area contributed by atoms with Crippen molar-refractivity contribution in [3.05, 3.63) is 0 Å². The van der Waals surface area contributed by atoms with Crippen molar-refractivity contribution in [2.24, 2.45) is 0 Å². The molecule has 0 bridgehead atoms. The van der Waals surface area contributed by atoms with Crippen LogP contribution in [-0.2, 0) is 9.53 Å². The Labute approximate surface area is 83.3 Å². The molecule has 0 atom stereocenters. The molecule has 0 radical (unpaired) electrons. The lowest BCUT2D eigenvalue weighted by Gasteiger charge is -2.03. The summed E-state index contributed by atoms with van der Waals surface area (Å²) in [5.74, 6) is -0.193. The number of aliphatic hydroxyl groups excluding tert-OH is 1. The summed E-state index contributed by atoms with van der Waals surface area (Å²) >= 11 is 4.87. The number of nitrogens with one attached hydrogen (secondary N) is 1. The van der Waals surface area contributed by atoms with Crippen molar-refractivity contribution in [1.82, 2.24) is 5.32 Å². The van der Waals surface area contributed by atoms with E-state index in [9.17, 15) is 4.79 Å². The maximum absolute atomic E-state index is 10.7. The Balaban J connectivity index is 3.25. The highest BCUT2D eigenvalue weighted by Crippen LogP contribution is 2.01. The molecule has 0 saturated heterocycles. The van der Waals surface area contributed by atoms with Crippen LogP contribution in [0, 0.1) is 0 Å². The lowest BCUT2D eigenvalue weighted by Crippen LogP contribution is -2.21. The van der Waals surface area contributed by atoms with Crippen LogP contribution >= 0.6 is 12.2 Å². The summed E-state index contributed by atoms with van der Waals surface area (Å²) < 4.78 is 4.48. The Morgan fingerprint density at radius 3 is 2.62 bits per heavy atom. The van der Waals surface area contributed by atoms with E-state index in [-0.39, 0.29) is 12.7 Å². The number of unbranched alkanes of at least 4 members (excludes halogenated alkanes) is 1. The number of esters is 1. The molecule has 5 heteroatoms. The zero-order chi connectivity index (χ0) is 10.1. The van der Waals surface area contributed by atoms with E-state index in [1.807, 2.05) is 0 Å². The molecule has 0 unspecified atom stereocenters. The molecule has 0 saturated carbocycles. The van der Waals surface area contributed by atoms with Crippen LogP contribution in [0.3, 0.4) is 0 Å². The van der Waals surface area contributed by atoms with Crippen LogP contribution in [0.2, 0.25) is 0 Å². The smallest absolute Gasteiger partial charge is 0.305 e. The molecule has 0 aliphatic carbocycles. The first-order valence-electron chi connectivity index (χ1n) is 4.15. The quantitative estimate of drug-likeness (QED) is 0.287. The van der Waals surface area contributed by atoms with Gasteiger partial charge in [0.05, 0.1) is 12.1 Å². The summed E-state index contributed by atoms with van der Waals surface area (Å²) in [4.78, 5) is 11.3. The third kappa shape index (κ3) is 7.67. The van der Waals surface area contributed by atoms with E-state index in [2.05, 4.69) is 10.1 Å². The van der Waals surface area contributed by atoms with Gasteiger partial charge in [-0.05, 0) is 19.3 Å². The summed E-state index contributed by atoms with van der Waals surface area (Å²) in [6.45, 7) is -0.129. The van der Waals surface area contributed by atoms with Crippen molar-refractivity contribution < 1.29 is 14.6 Å². The second-order valence-corrected chi connectivity index (χ2v) is 3.03. The van der Waals surface area contributed by atoms with Gasteiger partial charge in [-0.2, -0.15) is 0 Å². The van der Waals surface area contributed by atoms with Gasteiger partial charge in [0, 0.05) is 6.42 Å². The molecule has 0 aromatic rings. The van der Waals surface area contributed by atoms with Crippen molar-refractivity contribution >= 4 is 23.2 Å². The monoisotopic (exact) mass is 205 g/mol. The van der Waals surface area contributed by atoms with E-state index < -0.39 is 0 Å². The Morgan fingerprint density at radius 2 is 2.08 bits per heavy atom. The molecule has 13 heavy (non-hydrogen) atoms. The summed E-state index contributed by atoms with van der Waals surface area (Å²) in [5.41, 5.74) is 0. The first kappa shape index (κ1) is 12.3. The molecular formula is C8H15NO3S. The SMILES string of the molecule is COC(=O)CCCCC(=S)NCO. The van der Waals surface area contributed by atoms with Gasteiger partial charge in [0.2, 0.25) is 0 Å². The molecule has 0 aliphatic rings. The number of thiocarbonyl (C=S) groups is 1. The first-order valence-corrected chi connectivity index (χ1v) is 4.56. The minimum absolute atomic E-state index is 0.129. The van der Waals surface area contributed by atoms with Gasteiger partial charge in [-0.3, -0.25) is 4.79 Å². The number of hydrogen-bond donors (Lipinski definition) is 2. The zero-order valence-electron chi connectivity index (χ0n) is 7.71. The molecule has 0 rings (SSSR count). The highest BCUT2D eigenvalue weighted by Gasteiger charge is 2.00. The second kappa shape index (κ2) is 7.94. The van der Waals surface area contributed by atoms with Gasteiger partial charge in [0.1, 0.15) is 6.73 Å². The number of rotatable bonds is 6. The molecule has 0 heterocycles. The normalized spacial score (nSPS) is 9.38. The maximum Gasteiger partial charge on any atom is 0.305 e. The summed E-state index contributed by atoms with van der Waals surface area (Å²) in [7, 11) is 1.38. The molecule has 2 N–H and O–H groups in total. The van der Waals surface area contributed by atoms with Crippen LogP contribution in [0.5, 0.6) is 0 Å². The minimum Gasteiger partial charge on any atom is -0.469 e. The van der Waals surface area contributed by atoms with Crippen molar-refractivity contribution in [3.8, 4) is 0 Å². The second-order valence-electron chi connectivity index (χ2n) is 2.54. The van der Waals surface area contributed by atoms with E-state index in [1.54, 1.807) is 0 Å². The fourth-order valence-electron chi connectivity index (χ4n) is 0.834. The third-order valence-corrected chi connectivity index (χ3v) is 1.89. The van der Waals surface area contributed by atoms with E-state index in [4.69, 9.17) is 17.3 Å². The number of aliphatic hydroxyl groups is 1. The third-order valence-electron chi connectivity index (χ3n) is 1.54. The number of methoxy groups -OCH3 is 1. The molecule has 0 aromatic carbocycles. The molecule has 0 aliphatic heterocycles. The average molecular weight is 205 g/mol. The standard InChI is InChI=1S/C8H15NO3S/c1-12-8(11)5-3-2-4-7(13)9-6-10/h10H,2-6H2,1H3,(H,9,13). The van der Waals surface area contributed by atoms with Crippen molar-refractivity contribution in [3.63, 3.8) is 0 Å². The maximum atomic E-state index is 10.7. The first-order chi connectivity index (χ1) is 6.20. The largest absolute Gasteiger partial charge is 0.469 e. The fraction of sp³-hybridized carbons (Fsp3) is 0.750. The molecule has 0 fully saturated rings. The summed E-state index contributed by atoms with van der Waals surface area (Å²) in [6, 6.07) is 0. The van der Waals surface area contributed by atoms with Crippen LogP contribution in [0.4, 0.5) is 0 Å². The summed E-state index contributed by atoms with van der Waals surface area (Å²) in [6.07, 6.45) is 2.73. The van der Waals surface area contributed by atoms with Gasteiger partial charge >= 0.3 is 5.97 Å². The van der Waals surface area contributed by atoms with Gasteiger partial charge in [-0.1, -0.05) is 12.2 Å². The van der Waals surface area contributed by atoms with Crippen LogP contribution in [-0.4, -0.2) is 29.9 Å². The Kier molecular flexibility index (Phi) is 7.53. The van der Waals surface area contributed by atoms with E-state index >= 15 is 0 Å². The predicted molar refractivity (Wildman–Crippen MR) is 53.3 cm³/mol. The summed E-state index contributed by atoms with van der Waals surface area (Å²) in [5, 5.41) is 11.1. The lowest BCUT2D eigenvalue weighted by atomic mass is 10.2. The molecule has 76 valence electrons. The van der Waals surface area contributed by atoms with Crippen LogP contribution in [0.15, 0.2) is 0 Å². The molecule has 4 nitrogen and oxygen atoms in total. The lowest BCUT2D eigenvalue weighted by molar-refractivity contribution is -0.140. The van der Waals surface area contributed by atoms with Crippen LogP contribution in [0.25, 0.3) is 0 Å². The van der Waals surface area contributed by atoms with Crippen LogP contribution < -0.4 is 5.32 Å². The van der Waals surface area contributed by atoms with E-state index in [1.165, 1.54) is 7.11 Å².